The fraction of sp³-hybridized carbons (Fsp3) is 0.359. The third-order valence-electron chi connectivity index (χ3n) is 9.04. The van der Waals surface area contributed by atoms with E-state index in [0.29, 0.717) is 23.2 Å². The molecule has 2 aromatic carbocycles. The van der Waals surface area contributed by atoms with Gasteiger partial charge in [-0.15, -0.1) is 0 Å². The van der Waals surface area contributed by atoms with Crippen LogP contribution < -0.4 is 11.2 Å². The Morgan fingerprint density at radius 2 is 1.64 bits per heavy atom. The van der Waals surface area contributed by atoms with Gasteiger partial charge in [0.2, 0.25) is 5.76 Å². The number of ether oxygens (including phenoxy) is 1. The number of aryl methyl sites for hydroxylation is 1. The van der Waals surface area contributed by atoms with Gasteiger partial charge >= 0.3 is 25.2 Å². The number of imidazole rings is 1. The molecule has 0 spiro atoms. The normalized spacial score (nSPS) is 14.4. The molecule has 0 bridgehead atoms. The van der Waals surface area contributed by atoms with Crippen LogP contribution in [0, 0.1) is 6.92 Å². The lowest BCUT2D eigenvalue weighted by molar-refractivity contribution is -0.153. The van der Waals surface area contributed by atoms with Crippen molar-refractivity contribution >= 4 is 73.6 Å². The number of carbonyl (C=O) groups excluding carboxylic acids is 1. The average molecular weight is 930 g/mol. The summed E-state index contributed by atoms with van der Waals surface area (Å²) in [5.41, 5.74) is 8.13. The Morgan fingerprint density at radius 3 is 2.14 bits per heavy atom. The number of alkyl halides is 4. The largest absolute Gasteiger partial charge is 0.494 e. The number of furan rings is 1. The van der Waals surface area contributed by atoms with Gasteiger partial charge in [-0.2, -0.15) is 13.2 Å². The summed E-state index contributed by atoms with van der Waals surface area (Å²) in [6.45, 7) is 14.0. The van der Waals surface area contributed by atoms with Crippen molar-refractivity contribution in [3.63, 3.8) is 0 Å². The third-order valence-corrected chi connectivity index (χ3v) is 10.4. The van der Waals surface area contributed by atoms with Crippen LogP contribution >= 0.6 is 43.5 Å². The number of pyridine rings is 1. The van der Waals surface area contributed by atoms with E-state index in [9.17, 15) is 22.8 Å². The van der Waals surface area contributed by atoms with E-state index < -0.39 is 30.4 Å². The maximum atomic E-state index is 12.0. The lowest BCUT2D eigenvalue weighted by Crippen LogP contribution is -2.41. The smallest absolute Gasteiger partial charge is 0.477 e. The van der Waals surface area contributed by atoms with Crippen molar-refractivity contribution in [2.45, 2.75) is 83.1 Å². The van der Waals surface area contributed by atoms with Crippen LogP contribution in [0.25, 0.3) is 5.65 Å². The number of hydrogen-bond acceptors (Lipinski definition) is 8. The highest BCUT2D eigenvalue weighted by atomic mass is 79.9. The number of carbonyl (C=O) groups is 2. The zero-order valence-corrected chi connectivity index (χ0v) is 36.1. The molecule has 56 heavy (non-hydrogen) atoms. The second kappa shape index (κ2) is 19.2. The standard InChI is InChI=1S/C17H25BO4.C9H8N2O2.C7H7BrClN.C6H4BrF3O/c1-15(2,14(19)20-7)12-9-8-10-13(11-12)18-21-16(3,4)17(5,6)22-18;1-6-8(9(12)13)11-5-3-2-4-7(11)10-6;8-6-2-1-5(4-10)7(9)3-6;7-3-4-1-2-5(11-4)6(8,9)10/h8-11H,1-7H3;2-5H,1H3,(H,12,13);1-3H,4,10H2;1-2H,3H2. The SMILES string of the molecule is COC(=O)C(C)(C)c1cccc(B2OC(C)(C)C(C)(C)O2)c1.Cc1nc2ccccn2c1C(=O)O.FC(F)(F)c1ccc(CBr)o1.NCc1ccc(Br)cc1Cl. The fourth-order valence-electron chi connectivity index (χ4n) is 5.09. The molecule has 1 saturated heterocycles. The molecule has 0 saturated carbocycles. The summed E-state index contributed by atoms with van der Waals surface area (Å²) in [6.07, 6.45) is -2.68. The number of carboxylic acid groups (broad SMARTS) is 1. The number of rotatable bonds is 6. The van der Waals surface area contributed by atoms with Gasteiger partial charge in [0, 0.05) is 22.2 Å². The van der Waals surface area contributed by atoms with Crippen molar-refractivity contribution < 1.29 is 46.3 Å². The Kier molecular flexibility index (Phi) is 16.0. The topological polar surface area (TPSA) is 139 Å². The maximum Gasteiger partial charge on any atom is 0.494 e. The molecule has 302 valence electrons. The van der Waals surface area contributed by atoms with Gasteiger partial charge in [0.1, 0.15) is 11.4 Å². The van der Waals surface area contributed by atoms with E-state index in [2.05, 4.69) is 41.3 Å². The molecule has 3 N–H and O–H groups in total. The van der Waals surface area contributed by atoms with E-state index in [1.165, 1.54) is 13.2 Å². The Morgan fingerprint density at radius 1 is 1.00 bits per heavy atom. The number of carboxylic acids is 1. The first-order valence-electron chi connectivity index (χ1n) is 17.1. The van der Waals surface area contributed by atoms with Gasteiger partial charge in [0.05, 0.1) is 34.8 Å². The molecule has 0 aliphatic carbocycles. The van der Waals surface area contributed by atoms with Crippen LogP contribution in [0.5, 0.6) is 0 Å². The molecule has 6 rings (SSSR count). The summed E-state index contributed by atoms with van der Waals surface area (Å²) in [6, 6.07) is 21.0. The number of fused-ring (bicyclic) bond motifs is 1. The van der Waals surface area contributed by atoms with Crippen molar-refractivity contribution in [1.29, 1.82) is 0 Å². The number of halogens is 6. The highest BCUT2D eigenvalue weighted by molar-refractivity contribution is 9.10. The molecule has 10 nitrogen and oxygen atoms in total. The molecular weight excluding hydrogens is 886 g/mol. The summed E-state index contributed by atoms with van der Waals surface area (Å²) < 4.78 is 59.5. The van der Waals surface area contributed by atoms with Gasteiger partial charge in [0.15, 0.2) is 5.69 Å². The Hall–Kier alpha value is -3.67. The zero-order chi connectivity index (χ0) is 42.2. The van der Waals surface area contributed by atoms with Crippen LogP contribution in [0.4, 0.5) is 13.2 Å². The van der Waals surface area contributed by atoms with Gasteiger partial charge in [-0.1, -0.05) is 79.9 Å². The van der Waals surface area contributed by atoms with E-state index in [1.807, 2.05) is 90.1 Å². The number of nitrogens with two attached hydrogens (primary N) is 1. The molecule has 0 radical (unpaired) electrons. The lowest BCUT2D eigenvalue weighted by Gasteiger charge is -2.32. The molecule has 1 aliphatic rings. The molecule has 1 fully saturated rings. The van der Waals surface area contributed by atoms with Crippen LogP contribution in [0.2, 0.25) is 5.02 Å². The Balaban J connectivity index is 0.000000212. The highest BCUT2D eigenvalue weighted by Crippen LogP contribution is 2.37. The number of aromatic carboxylic acids is 1. The quantitative estimate of drug-likeness (QED) is 0.0969. The molecule has 0 atom stereocenters. The molecule has 0 unspecified atom stereocenters. The maximum absolute atomic E-state index is 12.0. The number of methoxy groups -OCH3 is 1. The predicted molar refractivity (Wildman–Crippen MR) is 217 cm³/mol. The van der Waals surface area contributed by atoms with E-state index in [4.69, 9.17) is 36.5 Å². The van der Waals surface area contributed by atoms with Crippen LogP contribution in [-0.4, -0.2) is 51.9 Å². The van der Waals surface area contributed by atoms with E-state index in [0.717, 1.165) is 32.2 Å². The molecule has 1 aliphatic heterocycles. The Bertz CT molecular complexity index is 2110. The van der Waals surface area contributed by atoms with Crippen molar-refractivity contribution in [3.05, 3.63) is 123 Å². The van der Waals surface area contributed by atoms with Gasteiger partial charge in [-0.05, 0) is 101 Å². The third kappa shape index (κ3) is 11.7. The minimum atomic E-state index is -4.37. The van der Waals surface area contributed by atoms with Gasteiger partial charge < -0.3 is 29.3 Å². The number of aromatic nitrogens is 2. The highest BCUT2D eigenvalue weighted by Gasteiger charge is 2.52. The van der Waals surface area contributed by atoms with Crippen molar-refractivity contribution in [2.75, 3.05) is 7.11 Å². The number of esters is 1. The molecular formula is C39H44BBr2ClF3N3O7. The summed E-state index contributed by atoms with van der Waals surface area (Å²) >= 11 is 12.1. The Labute approximate surface area is 346 Å². The van der Waals surface area contributed by atoms with Crippen molar-refractivity contribution in [2.24, 2.45) is 5.73 Å². The van der Waals surface area contributed by atoms with Crippen molar-refractivity contribution in [1.82, 2.24) is 9.38 Å². The minimum absolute atomic E-state index is 0.232. The first-order chi connectivity index (χ1) is 26.0. The number of hydrogen-bond donors (Lipinski definition) is 2. The summed E-state index contributed by atoms with van der Waals surface area (Å²) in [4.78, 5) is 26.9. The molecule has 0 amide bonds. The molecule has 17 heteroatoms. The zero-order valence-electron chi connectivity index (χ0n) is 32.1. The van der Waals surface area contributed by atoms with Crippen LogP contribution in [0.15, 0.2) is 87.9 Å². The second-order valence-electron chi connectivity index (χ2n) is 13.9. The van der Waals surface area contributed by atoms with Crippen LogP contribution in [0.1, 0.15) is 80.4 Å². The van der Waals surface area contributed by atoms with E-state index in [-0.39, 0.29) is 28.6 Å². The molecule has 5 aromatic rings. The van der Waals surface area contributed by atoms with E-state index >= 15 is 0 Å². The van der Waals surface area contributed by atoms with Gasteiger partial charge in [-0.25, -0.2) is 9.78 Å². The van der Waals surface area contributed by atoms with Crippen LogP contribution in [0.3, 0.4) is 0 Å². The predicted octanol–water partition coefficient (Wildman–Crippen LogP) is 9.53. The second-order valence-corrected chi connectivity index (χ2v) is 15.8. The fourth-order valence-corrected chi connectivity index (χ4v) is 6.14. The van der Waals surface area contributed by atoms with Gasteiger partial charge in [0.25, 0.3) is 0 Å². The van der Waals surface area contributed by atoms with E-state index in [1.54, 1.807) is 29.7 Å². The van der Waals surface area contributed by atoms with Crippen molar-refractivity contribution in [3.8, 4) is 0 Å². The summed E-state index contributed by atoms with van der Waals surface area (Å²) in [5.74, 6) is -1.89. The monoisotopic (exact) mass is 927 g/mol. The van der Waals surface area contributed by atoms with Crippen LogP contribution in [-0.2, 0) is 42.3 Å². The molecule has 4 heterocycles. The summed E-state index contributed by atoms with van der Waals surface area (Å²) in [7, 11) is 0.973. The average Bonchev–Trinajstić information content (AvgIpc) is 3.81. The number of nitrogens with zero attached hydrogens (tertiary/aromatic N) is 2. The lowest BCUT2D eigenvalue weighted by atomic mass is 9.75. The first kappa shape index (κ1) is 46.7. The summed E-state index contributed by atoms with van der Waals surface area (Å²) in [5, 5.41) is 9.91. The first-order valence-corrected chi connectivity index (χ1v) is 19.4. The molecule has 3 aromatic heterocycles. The number of benzene rings is 2. The minimum Gasteiger partial charge on any atom is -0.477 e. The van der Waals surface area contributed by atoms with Gasteiger partial charge in [-0.3, -0.25) is 9.20 Å².